The van der Waals surface area contributed by atoms with E-state index in [1.165, 1.54) is 173 Å². The first kappa shape index (κ1) is 56.4. The summed E-state index contributed by atoms with van der Waals surface area (Å²) in [6.07, 6.45) is 45.1. The molecule has 6 heteroatoms. The average Bonchev–Trinajstić information content (AvgIpc) is 3.19. The third kappa shape index (κ3) is 45.5. The van der Waals surface area contributed by atoms with E-state index in [-0.39, 0.29) is 31.1 Å². The number of unbranched alkanes of at least 4 members (excludes halogenated alkanes) is 31. The Morgan fingerprint density at radius 3 is 0.845 bits per heavy atom. The minimum Gasteiger partial charge on any atom is -0.462 e. The maximum absolute atomic E-state index is 12.8. The van der Waals surface area contributed by atoms with Gasteiger partial charge in [-0.05, 0) is 31.1 Å². The van der Waals surface area contributed by atoms with Crippen LogP contribution < -0.4 is 0 Å². The van der Waals surface area contributed by atoms with Crippen molar-refractivity contribution in [1.29, 1.82) is 0 Å². The SMILES string of the molecule is CCCCCCCCCCCCCC(=O)OC[C@H](COC(=O)CCCCCCCCCCCCCC(C)C)OC(=O)CCCCCCCCCCCCCCC(C)C. The van der Waals surface area contributed by atoms with Gasteiger partial charge in [0, 0.05) is 19.3 Å². The van der Waals surface area contributed by atoms with E-state index in [1.54, 1.807) is 0 Å². The normalized spacial score (nSPS) is 12.1. The molecule has 0 aromatic carbocycles. The summed E-state index contributed by atoms with van der Waals surface area (Å²) in [5.41, 5.74) is 0. The van der Waals surface area contributed by atoms with Crippen LogP contribution in [-0.4, -0.2) is 37.2 Å². The molecule has 1 atom stereocenters. The molecule has 0 aliphatic carbocycles. The molecule has 0 unspecified atom stereocenters. The van der Waals surface area contributed by atoms with Gasteiger partial charge < -0.3 is 14.2 Å². The molecule has 6 nitrogen and oxygen atoms in total. The van der Waals surface area contributed by atoms with Crippen LogP contribution in [0.2, 0.25) is 0 Å². The smallest absolute Gasteiger partial charge is 0.306 e. The molecule has 0 spiro atoms. The van der Waals surface area contributed by atoms with E-state index in [1.807, 2.05) is 0 Å². The maximum atomic E-state index is 12.8. The standard InChI is InChI=1S/C52H100O6/c1-6-7-8-9-10-11-15-22-27-32-37-42-50(53)56-45-49(46-57-51(54)43-38-33-28-23-19-14-17-21-26-31-36-41-48(4)5)58-52(55)44-39-34-29-24-18-13-12-16-20-25-30-35-40-47(2)3/h47-49H,6-46H2,1-5H3/t49-/m1/s1. The quantitative estimate of drug-likeness (QED) is 0.0346. The predicted octanol–water partition coefficient (Wildman–Crippen LogP) is 16.5. The van der Waals surface area contributed by atoms with E-state index < -0.39 is 6.10 Å². The lowest BCUT2D eigenvalue weighted by molar-refractivity contribution is -0.167. The second-order valence-corrected chi connectivity index (χ2v) is 18.8. The molecule has 0 aliphatic heterocycles. The number of ether oxygens (including phenoxy) is 3. The zero-order valence-corrected chi connectivity index (χ0v) is 39.7. The van der Waals surface area contributed by atoms with Crippen LogP contribution in [0.4, 0.5) is 0 Å². The molecule has 0 aliphatic rings. The van der Waals surface area contributed by atoms with Crippen molar-refractivity contribution in [2.75, 3.05) is 13.2 Å². The number of esters is 3. The molecular formula is C52H100O6. The van der Waals surface area contributed by atoms with Crippen LogP contribution in [0.1, 0.15) is 285 Å². The summed E-state index contributed by atoms with van der Waals surface area (Å²) in [7, 11) is 0. The molecule has 0 aromatic rings. The summed E-state index contributed by atoms with van der Waals surface area (Å²) >= 11 is 0. The highest BCUT2D eigenvalue weighted by atomic mass is 16.6. The van der Waals surface area contributed by atoms with Gasteiger partial charge in [0.15, 0.2) is 6.10 Å². The molecule has 344 valence electrons. The van der Waals surface area contributed by atoms with Crippen LogP contribution in [0, 0.1) is 11.8 Å². The van der Waals surface area contributed by atoms with E-state index in [0.717, 1.165) is 69.6 Å². The summed E-state index contributed by atoms with van der Waals surface area (Å²) in [5, 5.41) is 0. The largest absolute Gasteiger partial charge is 0.462 e. The van der Waals surface area contributed by atoms with Gasteiger partial charge in [-0.2, -0.15) is 0 Å². The monoisotopic (exact) mass is 821 g/mol. The highest BCUT2D eigenvalue weighted by Gasteiger charge is 2.19. The Labute approximate surface area is 361 Å². The van der Waals surface area contributed by atoms with E-state index >= 15 is 0 Å². The minimum absolute atomic E-state index is 0.0637. The molecule has 0 aromatic heterocycles. The topological polar surface area (TPSA) is 78.9 Å². The van der Waals surface area contributed by atoms with Crippen LogP contribution in [0.15, 0.2) is 0 Å². The van der Waals surface area contributed by atoms with Gasteiger partial charge in [0.2, 0.25) is 0 Å². The van der Waals surface area contributed by atoms with E-state index in [0.29, 0.717) is 19.3 Å². The van der Waals surface area contributed by atoms with Crippen molar-refractivity contribution in [3.63, 3.8) is 0 Å². The number of hydrogen-bond acceptors (Lipinski definition) is 6. The van der Waals surface area contributed by atoms with Crippen LogP contribution in [-0.2, 0) is 28.6 Å². The number of hydrogen-bond donors (Lipinski definition) is 0. The number of carbonyl (C=O) groups is 3. The van der Waals surface area contributed by atoms with Crippen LogP contribution in [0.25, 0.3) is 0 Å². The fraction of sp³-hybridized carbons (Fsp3) is 0.942. The average molecular weight is 821 g/mol. The molecule has 0 saturated carbocycles. The minimum atomic E-state index is -0.761. The van der Waals surface area contributed by atoms with Gasteiger partial charge in [-0.1, -0.05) is 247 Å². The molecular weight excluding hydrogens is 721 g/mol. The fourth-order valence-electron chi connectivity index (χ4n) is 7.81. The molecule has 0 radical (unpaired) electrons. The number of rotatable bonds is 46. The highest BCUT2D eigenvalue weighted by molar-refractivity contribution is 5.71. The van der Waals surface area contributed by atoms with Crippen molar-refractivity contribution in [2.45, 2.75) is 291 Å². The summed E-state index contributed by atoms with van der Waals surface area (Å²) < 4.78 is 16.8. The first-order valence-corrected chi connectivity index (χ1v) is 25.7. The Kier molecular flexibility index (Phi) is 43.7. The van der Waals surface area contributed by atoms with Crippen LogP contribution in [0.5, 0.6) is 0 Å². The van der Waals surface area contributed by atoms with Gasteiger partial charge in [0.1, 0.15) is 13.2 Å². The lowest BCUT2D eigenvalue weighted by Gasteiger charge is -2.18. The van der Waals surface area contributed by atoms with Gasteiger partial charge in [-0.25, -0.2) is 0 Å². The van der Waals surface area contributed by atoms with Gasteiger partial charge in [-0.15, -0.1) is 0 Å². The third-order valence-electron chi connectivity index (χ3n) is 11.7. The lowest BCUT2D eigenvalue weighted by atomic mass is 10.0. The molecule has 0 rings (SSSR count). The van der Waals surface area contributed by atoms with Gasteiger partial charge >= 0.3 is 17.9 Å². The maximum Gasteiger partial charge on any atom is 0.306 e. The summed E-state index contributed by atoms with van der Waals surface area (Å²) in [4.78, 5) is 37.9. The summed E-state index contributed by atoms with van der Waals surface area (Å²) in [5.74, 6) is 0.810. The van der Waals surface area contributed by atoms with Crippen molar-refractivity contribution < 1.29 is 28.6 Å². The second kappa shape index (κ2) is 44.9. The molecule has 0 bridgehead atoms. The molecule has 0 N–H and O–H groups in total. The second-order valence-electron chi connectivity index (χ2n) is 18.8. The van der Waals surface area contributed by atoms with E-state index in [2.05, 4.69) is 34.6 Å². The Balaban J connectivity index is 4.31. The van der Waals surface area contributed by atoms with Crippen molar-refractivity contribution in [1.82, 2.24) is 0 Å². The van der Waals surface area contributed by atoms with Gasteiger partial charge in [-0.3, -0.25) is 14.4 Å². The Morgan fingerprint density at radius 2 is 0.569 bits per heavy atom. The summed E-state index contributed by atoms with van der Waals surface area (Å²) in [6, 6.07) is 0. The zero-order chi connectivity index (χ0) is 42.6. The molecule has 0 heterocycles. The molecule has 0 saturated heterocycles. The third-order valence-corrected chi connectivity index (χ3v) is 11.7. The van der Waals surface area contributed by atoms with Gasteiger partial charge in [0.25, 0.3) is 0 Å². The first-order chi connectivity index (χ1) is 28.2. The van der Waals surface area contributed by atoms with Crippen molar-refractivity contribution in [3.8, 4) is 0 Å². The van der Waals surface area contributed by atoms with Crippen molar-refractivity contribution in [2.24, 2.45) is 11.8 Å². The fourth-order valence-corrected chi connectivity index (χ4v) is 7.81. The summed E-state index contributed by atoms with van der Waals surface area (Å²) in [6.45, 7) is 11.4. The lowest BCUT2D eigenvalue weighted by Crippen LogP contribution is -2.30. The molecule has 58 heavy (non-hydrogen) atoms. The van der Waals surface area contributed by atoms with Crippen molar-refractivity contribution in [3.05, 3.63) is 0 Å². The Morgan fingerprint density at radius 1 is 0.328 bits per heavy atom. The predicted molar refractivity (Wildman–Crippen MR) is 247 cm³/mol. The number of carbonyl (C=O) groups excluding carboxylic acids is 3. The van der Waals surface area contributed by atoms with Crippen LogP contribution >= 0.6 is 0 Å². The zero-order valence-electron chi connectivity index (χ0n) is 39.7. The van der Waals surface area contributed by atoms with Crippen LogP contribution in [0.3, 0.4) is 0 Å². The molecule has 0 fully saturated rings. The first-order valence-electron chi connectivity index (χ1n) is 25.7. The Bertz CT molecular complexity index is 885. The molecule has 0 amide bonds. The van der Waals surface area contributed by atoms with Gasteiger partial charge in [0.05, 0.1) is 0 Å². The highest BCUT2D eigenvalue weighted by Crippen LogP contribution is 2.17. The van der Waals surface area contributed by atoms with E-state index in [9.17, 15) is 14.4 Å². The van der Waals surface area contributed by atoms with Crippen molar-refractivity contribution >= 4 is 17.9 Å². The Hall–Kier alpha value is -1.59. The van der Waals surface area contributed by atoms with E-state index in [4.69, 9.17) is 14.2 Å².